The Kier molecular flexibility index (Phi) is 6.81. The third-order valence-corrected chi connectivity index (χ3v) is 5.96. The van der Waals surface area contributed by atoms with Crippen LogP contribution in [0.25, 0.3) is 0 Å². The summed E-state index contributed by atoms with van der Waals surface area (Å²) in [5.74, 6) is 0.667. The maximum Gasteiger partial charge on any atom is 0.416 e. The number of halogens is 3. The standard InChI is InChI=1S/C25H24F3N3O4/c1-16-22(17(2)35-29-16)15-34-21-5-3-4-19(14-21)24(33)31-12-10-30(11-13-31)23(32)18-6-8-20(9-7-18)25(26,27)28/h3-9,14H,10-13,15H2,1-2H3. The van der Waals surface area contributed by atoms with Crippen molar-refractivity contribution in [3.63, 3.8) is 0 Å². The molecule has 0 atom stereocenters. The molecule has 0 saturated carbocycles. The van der Waals surface area contributed by atoms with E-state index >= 15 is 0 Å². The fraction of sp³-hybridized carbons (Fsp3) is 0.320. The van der Waals surface area contributed by atoms with Crippen molar-refractivity contribution in [3.8, 4) is 5.75 Å². The van der Waals surface area contributed by atoms with E-state index in [-0.39, 0.29) is 37.1 Å². The topological polar surface area (TPSA) is 75.9 Å². The minimum Gasteiger partial charge on any atom is -0.489 e. The normalized spacial score (nSPS) is 14.2. The van der Waals surface area contributed by atoms with E-state index in [1.165, 1.54) is 17.0 Å². The minimum absolute atomic E-state index is 0.181. The van der Waals surface area contributed by atoms with Crippen LogP contribution in [-0.4, -0.2) is 52.9 Å². The molecular weight excluding hydrogens is 463 g/mol. The summed E-state index contributed by atoms with van der Waals surface area (Å²) in [5, 5.41) is 3.90. The SMILES string of the molecule is Cc1noc(C)c1COc1cccc(C(=O)N2CCN(C(=O)c3ccc(C(F)(F)F)cc3)CC2)c1. The van der Waals surface area contributed by atoms with Gasteiger partial charge in [-0.25, -0.2) is 0 Å². The molecule has 1 saturated heterocycles. The van der Waals surface area contributed by atoms with Gasteiger partial charge in [0.15, 0.2) is 0 Å². The van der Waals surface area contributed by atoms with Crippen LogP contribution in [0.1, 0.15) is 43.3 Å². The summed E-state index contributed by atoms with van der Waals surface area (Å²) >= 11 is 0. The number of alkyl halides is 3. The molecule has 0 spiro atoms. The fourth-order valence-electron chi connectivity index (χ4n) is 3.86. The number of amides is 2. The smallest absolute Gasteiger partial charge is 0.416 e. The van der Waals surface area contributed by atoms with Crippen molar-refractivity contribution >= 4 is 11.8 Å². The largest absolute Gasteiger partial charge is 0.489 e. The summed E-state index contributed by atoms with van der Waals surface area (Å²) in [4.78, 5) is 28.9. The minimum atomic E-state index is -4.45. The number of rotatable bonds is 5. The lowest BCUT2D eigenvalue weighted by Gasteiger charge is -2.35. The first-order valence-electron chi connectivity index (χ1n) is 11.0. The van der Waals surface area contributed by atoms with Crippen LogP contribution in [0.2, 0.25) is 0 Å². The van der Waals surface area contributed by atoms with E-state index < -0.39 is 11.7 Å². The summed E-state index contributed by atoms with van der Waals surface area (Å²) in [7, 11) is 0. The fourth-order valence-corrected chi connectivity index (χ4v) is 3.86. The summed E-state index contributed by atoms with van der Waals surface area (Å²) in [5.41, 5.74) is 1.45. The second-order valence-electron chi connectivity index (χ2n) is 8.28. The monoisotopic (exact) mass is 487 g/mol. The predicted molar refractivity (Wildman–Crippen MR) is 120 cm³/mol. The van der Waals surface area contributed by atoms with Gasteiger partial charge in [0.05, 0.1) is 16.8 Å². The Balaban J connectivity index is 1.34. The average Bonchev–Trinajstić information content (AvgIpc) is 3.18. The van der Waals surface area contributed by atoms with Gasteiger partial charge in [0.2, 0.25) is 0 Å². The second kappa shape index (κ2) is 9.81. The first kappa shape index (κ1) is 24.3. The molecule has 0 unspecified atom stereocenters. The van der Waals surface area contributed by atoms with Crippen LogP contribution in [0.4, 0.5) is 13.2 Å². The molecule has 3 aromatic rings. The number of aryl methyl sites for hydroxylation is 2. The number of benzene rings is 2. The first-order chi connectivity index (χ1) is 16.6. The summed E-state index contributed by atoms with van der Waals surface area (Å²) < 4.78 is 49.2. The predicted octanol–water partition coefficient (Wildman–Crippen LogP) is 4.49. The van der Waals surface area contributed by atoms with Crippen LogP contribution >= 0.6 is 0 Å². The molecule has 1 fully saturated rings. The lowest BCUT2D eigenvalue weighted by atomic mass is 10.1. The number of carbonyl (C=O) groups excluding carboxylic acids is 2. The van der Waals surface area contributed by atoms with Gasteiger partial charge in [0.1, 0.15) is 18.1 Å². The van der Waals surface area contributed by atoms with Crippen LogP contribution in [0.3, 0.4) is 0 Å². The first-order valence-corrected chi connectivity index (χ1v) is 11.0. The van der Waals surface area contributed by atoms with Gasteiger partial charge in [-0.05, 0) is 56.3 Å². The van der Waals surface area contributed by atoms with E-state index in [1.807, 2.05) is 6.92 Å². The van der Waals surface area contributed by atoms with E-state index in [2.05, 4.69) is 5.16 Å². The Morgan fingerprint density at radius 3 is 2.09 bits per heavy atom. The molecule has 0 N–H and O–H groups in total. The van der Waals surface area contributed by atoms with Crippen LogP contribution in [0.15, 0.2) is 53.1 Å². The van der Waals surface area contributed by atoms with E-state index in [0.29, 0.717) is 30.2 Å². The van der Waals surface area contributed by atoms with Crippen LogP contribution in [0.5, 0.6) is 5.75 Å². The van der Waals surface area contributed by atoms with Crippen molar-refractivity contribution < 1.29 is 32.0 Å². The second-order valence-corrected chi connectivity index (χ2v) is 8.28. The molecule has 2 heterocycles. The zero-order valence-corrected chi connectivity index (χ0v) is 19.3. The molecule has 2 amide bonds. The molecule has 35 heavy (non-hydrogen) atoms. The summed E-state index contributed by atoms with van der Waals surface area (Å²) in [6, 6.07) is 11.0. The maximum atomic E-state index is 13.0. The highest BCUT2D eigenvalue weighted by Gasteiger charge is 2.31. The van der Waals surface area contributed by atoms with Gasteiger partial charge >= 0.3 is 6.18 Å². The van der Waals surface area contributed by atoms with E-state index in [4.69, 9.17) is 9.26 Å². The highest BCUT2D eigenvalue weighted by atomic mass is 19.4. The Morgan fingerprint density at radius 2 is 1.54 bits per heavy atom. The summed E-state index contributed by atoms with van der Waals surface area (Å²) in [6.45, 7) is 5.10. The van der Waals surface area contributed by atoms with E-state index in [9.17, 15) is 22.8 Å². The molecule has 4 rings (SSSR count). The Hall–Kier alpha value is -3.82. The molecule has 2 aromatic carbocycles. The molecule has 10 heteroatoms. The molecule has 1 aliphatic heterocycles. The van der Waals surface area contributed by atoms with Gasteiger partial charge < -0.3 is 19.1 Å². The number of nitrogens with zero attached hydrogens (tertiary/aromatic N) is 3. The number of aromatic nitrogens is 1. The van der Waals surface area contributed by atoms with Gasteiger partial charge in [-0.2, -0.15) is 13.2 Å². The molecule has 1 aliphatic rings. The Labute approximate surface area is 200 Å². The molecule has 0 aliphatic carbocycles. The molecule has 184 valence electrons. The lowest BCUT2D eigenvalue weighted by Crippen LogP contribution is -2.50. The number of carbonyl (C=O) groups is 2. The Bertz CT molecular complexity index is 1190. The maximum absolute atomic E-state index is 13.0. The van der Waals surface area contributed by atoms with Crippen molar-refractivity contribution in [2.45, 2.75) is 26.6 Å². The number of piperazine rings is 1. The zero-order chi connectivity index (χ0) is 25.2. The van der Waals surface area contributed by atoms with E-state index in [0.717, 1.165) is 23.4 Å². The molecule has 7 nitrogen and oxygen atoms in total. The number of hydrogen-bond acceptors (Lipinski definition) is 5. The third-order valence-electron chi connectivity index (χ3n) is 5.96. The molecule has 1 aromatic heterocycles. The summed E-state index contributed by atoms with van der Waals surface area (Å²) in [6.07, 6.45) is -4.45. The molecule has 0 bridgehead atoms. The average molecular weight is 487 g/mol. The molecular formula is C25H24F3N3O4. The van der Waals surface area contributed by atoms with Crippen molar-refractivity contribution in [1.29, 1.82) is 0 Å². The quantitative estimate of drug-likeness (QED) is 0.530. The van der Waals surface area contributed by atoms with E-state index in [1.54, 1.807) is 36.1 Å². The van der Waals surface area contributed by atoms with Crippen LogP contribution in [-0.2, 0) is 12.8 Å². The highest BCUT2D eigenvalue weighted by Crippen LogP contribution is 2.29. The van der Waals surface area contributed by atoms with Crippen molar-refractivity contribution in [2.24, 2.45) is 0 Å². The number of hydrogen-bond donors (Lipinski definition) is 0. The van der Waals surface area contributed by atoms with Crippen molar-refractivity contribution in [3.05, 3.63) is 82.2 Å². The zero-order valence-electron chi connectivity index (χ0n) is 19.3. The van der Waals surface area contributed by atoms with Gasteiger partial charge in [0.25, 0.3) is 11.8 Å². The van der Waals surface area contributed by atoms with Gasteiger partial charge in [-0.1, -0.05) is 11.2 Å². The van der Waals surface area contributed by atoms with Gasteiger partial charge in [0, 0.05) is 37.3 Å². The number of ether oxygens (including phenoxy) is 1. The van der Waals surface area contributed by atoms with Crippen molar-refractivity contribution in [2.75, 3.05) is 26.2 Å². The lowest BCUT2D eigenvalue weighted by molar-refractivity contribution is -0.137. The highest BCUT2D eigenvalue weighted by molar-refractivity contribution is 5.96. The van der Waals surface area contributed by atoms with Gasteiger partial charge in [-0.3, -0.25) is 9.59 Å². The van der Waals surface area contributed by atoms with Gasteiger partial charge in [-0.15, -0.1) is 0 Å². The third kappa shape index (κ3) is 5.47. The van der Waals surface area contributed by atoms with Crippen LogP contribution in [0, 0.1) is 13.8 Å². The molecule has 0 radical (unpaired) electrons. The van der Waals surface area contributed by atoms with Crippen LogP contribution < -0.4 is 4.74 Å². The Morgan fingerprint density at radius 1 is 0.943 bits per heavy atom. The van der Waals surface area contributed by atoms with Crippen molar-refractivity contribution in [1.82, 2.24) is 15.0 Å².